The Morgan fingerprint density at radius 2 is 1.53 bits per heavy atom. The number of halogens is 2. The second-order valence-corrected chi connectivity index (χ2v) is 10.0. The molecule has 0 saturated carbocycles. The van der Waals surface area contributed by atoms with Gasteiger partial charge in [-0.3, -0.25) is 14.5 Å². The number of nitrogens with one attached hydrogen (secondary N) is 1. The Morgan fingerprint density at radius 1 is 0.842 bits per heavy atom. The topological polar surface area (TPSA) is 49.4 Å². The second-order valence-electron chi connectivity index (χ2n) is 9.58. The lowest BCUT2D eigenvalue weighted by Crippen LogP contribution is -2.39. The van der Waals surface area contributed by atoms with Gasteiger partial charge in [-0.05, 0) is 60.4 Å². The van der Waals surface area contributed by atoms with E-state index in [0.717, 1.165) is 5.56 Å². The van der Waals surface area contributed by atoms with Crippen LogP contribution in [0.15, 0.2) is 114 Å². The van der Waals surface area contributed by atoms with Crippen molar-refractivity contribution in [3.05, 3.63) is 142 Å². The highest BCUT2D eigenvalue weighted by Crippen LogP contribution is 2.48. The summed E-state index contributed by atoms with van der Waals surface area (Å²) < 4.78 is 15.5. The van der Waals surface area contributed by atoms with E-state index in [2.05, 4.69) is 5.32 Å². The predicted molar refractivity (Wildman–Crippen MR) is 148 cm³/mol. The average Bonchev–Trinajstić information content (AvgIpc) is 3.08. The van der Waals surface area contributed by atoms with Gasteiger partial charge < -0.3 is 5.32 Å². The van der Waals surface area contributed by atoms with Crippen LogP contribution in [0.2, 0.25) is 5.02 Å². The molecule has 188 valence electrons. The van der Waals surface area contributed by atoms with Gasteiger partial charge in [0.05, 0.1) is 17.4 Å². The normalized spacial score (nSPS) is 18.8. The minimum absolute atomic E-state index is 0.0260. The highest BCUT2D eigenvalue weighted by atomic mass is 35.5. The van der Waals surface area contributed by atoms with E-state index in [-0.39, 0.29) is 29.6 Å². The molecule has 1 aliphatic heterocycles. The van der Waals surface area contributed by atoms with Crippen molar-refractivity contribution in [2.24, 2.45) is 0 Å². The maximum absolute atomic E-state index is 15.5. The number of carbonyl (C=O) groups excluding carboxylic acids is 2. The number of hydrogen-bond acceptors (Lipinski definition) is 3. The van der Waals surface area contributed by atoms with Crippen LogP contribution >= 0.6 is 11.6 Å². The molecule has 2 atom stereocenters. The predicted octanol–water partition coefficient (Wildman–Crippen LogP) is 7.69. The van der Waals surface area contributed by atoms with Gasteiger partial charge in [0.25, 0.3) is 5.91 Å². The molecule has 2 aliphatic rings. The maximum atomic E-state index is 15.5. The summed E-state index contributed by atoms with van der Waals surface area (Å²) in [5.41, 5.74) is 4.11. The van der Waals surface area contributed by atoms with Crippen LogP contribution in [0.5, 0.6) is 0 Å². The summed E-state index contributed by atoms with van der Waals surface area (Å²) in [6, 6.07) is 29.3. The Labute approximate surface area is 225 Å². The van der Waals surface area contributed by atoms with Crippen LogP contribution in [0.3, 0.4) is 0 Å². The fourth-order valence-corrected chi connectivity index (χ4v) is 5.62. The average molecular weight is 523 g/mol. The molecule has 1 N–H and O–H groups in total. The van der Waals surface area contributed by atoms with Crippen LogP contribution in [0.25, 0.3) is 0 Å². The molecule has 1 amide bonds. The molecule has 0 saturated heterocycles. The Bertz CT molecular complexity index is 1570. The number of Topliss-reactive ketones (excluding diaryl/α,β-unsaturated/α-hetero) is 1. The molecular formula is C32H24ClFN2O2. The summed E-state index contributed by atoms with van der Waals surface area (Å²) in [6.07, 6.45) is 0.835. The molecule has 4 aromatic rings. The van der Waals surface area contributed by atoms with E-state index in [1.165, 1.54) is 6.07 Å². The van der Waals surface area contributed by atoms with E-state index >= 15 is 4.39 Å². The Morgan fingerprint density at radius 3 is 2.29 bits per heavy atom. The summed E-state index contributed by atoms with van der Waals surface area (Å²) in [4.78, 5) is 29.7. The summed E-state index contributed by atoms with van der Waals surface area (Å²) >= 11 is 6.09. The smallest absolute Gasteiger partial charge is 0.259 e. The van der Waals surface area contributed by atoms with Crippen LogP contribution in [0.1, 0.15) is 46.3 Å². The number of benzene rings is 4. The fourth-order valence-electron chi connectivity index (χ4n) is 5.50. The third-order valence-electron chi connectivity index (χ3n) is 7.27. The van der Waals surface area contributed by atoms with E-state index in [4.69, 9.17) is 11.6 Å². The monoisotopic (exact) mass is 522 g/mol. The molecule has 4 aromatic carbocycles. The number of fused-ring (bicyclic) bond motifs is 1. The standard InChI is InChI=1S/C32H24ClFN2O2/c33-23-16-14-21(15-17-23)32(38)36-28-13-7-6-12-26(28)35-27-18-22(20-8-2-1-3-9-20)19-29(37)30(27)31(36)24-10-4-5-11-25(24)34/h1-17,22,31,35H,18-19H2/t22-,31-/m0/s1. The lowest BCUT2D eigenvalue weighted by Gasteiger charge is -2.35. The van der Waals surface area contributed by atoms with Crippen molar-refractivity contribution in [2.75, 3.05) is 10.2 Å². The number of rotatable bonds is 3. The molecule has 1 aliphatic carbocycles. The van der Waals surface area contributed by atoms with Crippen LogP contribution < -0.4 is 10.2 Å². The quantitative estimate of drug-likeness (QED) is 0.300. The minimum Gasteiger partial charge on any atom is -0.357 e. The van der Waals surface area contributed by atoms with Gasteiger partial charge in [0.15, 0.2) is 5.78 Å². The first-order valence-electron chi connectivity index (χ1n) is 12.5. The maximum Gasteiger partial charge on any atom is 0.259 e. The van der Waals surface area contributed by atoms with Crippen molar-refractivity contribution in [3.8, 4) is 0 Å². The van der Waals surface area contributed by atoms with E-state index in [1.54, 1.807) is 47.4 Å². The third kappa shape index (κ3) is 4.29. The second kappa shape index (κ2) is 9.92. The summed E-state index contributed by atoms with van der Waals surface area (Å²) in [5, 5.41) is 3.98. The van der Waals surface area contributed by atoms with Gasteiger partial charge in [-0.2, -0.15) is 0 Å². The molecule has 0 spiro atoms. The number of para-hydroxylation sites is 2. The van der Waals surface area contributed by atoms with Crippen molar-refractivity contribution in [3.63, 3.8) is 0 Å². The zero-order chi connectivity index (χ0) is 26.2. The fraction of sp³-hybridized carbons (Fsp3) is 0.125. The van der Waals surface area contributed by atoms with Gasteiger partial charge >= 0.3 is 0 Å². The highest BCUT2D eigenvalue weighted by Gasteiger charge is 2.42. The molecule has 1 heterocycles. The van der Waals surface area contributed by atoms with Crippen molar-refractivity contribution >= 4 is 34.7 Å². The lowest BCUT2D eigenvalue weighted by atomic mass is 9.78. The number of amides is 1. The molecular weight excluding hydrogens is 499 g/mol. The van der Waals surface area contributed by atoms with Crippen molar-refractivity contribution in [2.45, 2.75) is 24.8 Å². The van der Waals surface area contributed by atoms with E-state index in [9.17, 15) is 9.59 Å². The molecule has 0 unspecified atom stereocenters. The molecule has 0 fully saturated rings. The van der Waals surface area contributed by atoms with Gasteiger partial charge in [-0.15, -0.1) is 0 Å². The number of hydrogen-bond donors (Lipinski definition) is 1. The summed E-state index contributed by atoms with van der Waals surface area (Å²) in [6.45, 7) is 0. The molecule has 6 heteroatoms. The molecule has 0 aromatic heterocycles. The van der Waals surface area contributed by atoms with Crippen LogP contribution in [0, 0.1) is 5.82 Å². The third-order valence-corrected chi connectivity index (χ3v) is 7.52. The number of ketones is 1. The Kier molecular flexibility index (Phi) is 6.30. The van der Waals surface area contributed by atoms with E-state index in [0.29, 0.717) is 39.7 Å². The van der Waals surface area contributed by atoms with Crippen LogP contribution in [-0.4, -0.2) is 11.7 Å². The molecule has 0 bridgehead atoms. The van der Waals surface area contributed by atoms with Gasteiger partial charge in [-0.1, -0.05) is 72.3 Å². The first kappa shape index (κ1) is 24.1. The van der Waals surface area contributed by atoms with Crippen molar-refractivity contribution < 1.29 is 14.0 Å². The van der Waals surface area contributed by atoms with Crippen molar-refractivity contribution in [1.29, 1.82) is 0 Å². The van der Waals surface area contributed by atoms with Crippen LogP contribution in [-0.2, 0) is 4.79 Å². The molecule has 38 heavy (non-hydrogen) atoms. The van der Waals surface area contributed by atoms with Crippen molar-refractivity contribution in [1.82, 2.24) is 0 Å². The molecule has 6 rings (SSSR count). The lowest BCUT2D eigenvalue weighted by molar-refractivity contribution is -0.116. The number of anilines is 2. The first-order valence-corrected chi connectivity index (χ1v) is 12.9. The van der Waals surface area contributed by atoms with E-state index < -0.39 is 11.9 Å². The van der Waals surface area contributed by atoms with Gasteiger partial charge in [0, 0.05) is 33.8 Å². The van der Waals surface area contributed by atoms with Gasteiger partial charge in [0.1, 0.15) is 5.82 Å². The minimum atomic E-state index is -0.949. The molecule has 0 radical (unpaired) electrons. The molecule has 4 nitrogen and oxygen atoms in total. The van der Waals surface area contributed by atoms with Crippen LogP contribution in [0.4, 0.5) is 15.8 Å². The Balaban J connectivity index is 1.58. The Hall–Kier alpha value is -4.22. The van der Waals surface area contributed by atoms with E-state index in [1.807, 2.05) is 54.6 Å². The largest absolute Gasteiger partial charge is 0.357 e. The SMILES string of the molecule is O=C1C[C@@H](c2ccccc2)CC2=C1[C@H](c1ccccc1F)N(C(=O)c1ccc(Cl)cc1)c1ccccc1N2. The highest BCUT2D eigenvalue weighted by molar-refractivity contribution is 6.30. The summed E-state index contributed by atoms with van der Waals surface area (Å²) in [7, 11) is 0. The number of carbonyl (C=O) groups is 2. The zero-order valence-electron chi connectivity index (χ0n) is 20.4. The zero-order valence-corrected chi connectivity index (χ0v) is 21.2. The van der Waals surface area contributed by atoms with Gasteiger partial charge in [0.2, 0.25) is 0 Å². The van der Waals surface area contributed by atoms with Gasteiger partial charge in [-0.25, -0.2) is 4.39 Å². The number of allylic oxidation sites excluding steroid dienone is 1. The number of nitrogens with zero attached hydrogens (tertiary/aromatic N) is 1. The first-order chi connectivity index (χ1) is 18.5. The summed E-state index contributed by atoms with van der Waals surface area (Å²) in [5.74, 6) is -0.962.